The summed E-state index contributed by atoms with van der Waals surface area (Å²) in [6.45, 7) is 3.11. The number of benzene rings is 1. The van der Waals surface area contributed by atoms with Gasteiger partial charge in [0.25, 0.3) is 0 Å². The van der Waals surface area contributed by atoms with Gasteiger partial charge in [0.15, 0.2) is 5.17 Å². The zero-order chi connectivity index (χ0) is 13.8. The van der Waals surface area contributed by atoms with E-state index in [2.05, 4.69) is 42.6 Å². The van der Waals surface area contributed by atoms with Crippen molar-refractivity contribution in [2.24, 2.45) is 4.99 Å². The highest BCUT2D eigenvalue weighted by Crippen LogP contribution is 2.22. The van der Waals surface area contributed by atoms with Gasteiger partial charge in [-0.25, -0.2) is 0 Å². The minimum Gasteiger partial charge on any atom is -0.376 e. The molecule has 0 amide bonds. The van der Waals surface area contributed by atoms with Gasteiger partial charge in [-0.1, -0.05) is 42.1 Å². The molecule has 3 unspecified atom stereocenters. The SMILES string of the molecule is CC(NC1=NC(Cc2ccccc2)CS1)C1CCCO1. The number of amidine groups is 1. The molecule has 1 fully saturated rings. The van der Waals surface area contributed by atoms with Crippen LogP contribution in [0.15, 0.2) is 35.3 Å². The van der Waals surface area contributed by atoms with Crippen LogP contribution in [0.25, 0.3) is 0 Å². The number of rotatable bonds is 4. The molecule has 3 atom stereocenters. The fourth-order valence-electron chi connectivity index (χ4n) is 2.77. The lowest BCUT2D eigenvalue weighted by molar-refractivity contribution is 0.0896. The maximum absolute atomic E-state index is 5.72. The van der Waals surface area contributed by atoms with Crippen molar-refractivity contribution in [2.45, 2.75) is 44.4 Å². The van der Waals surface area contributed by atoms with Crippen LogP contribution in [-0.4, -0.2) is 35.7 Å². The zero-order valence-corrected chi connectivity index (χ0v) is 12.7. The molecule has 20 heavy (non-hydrogen) atoms. The summed E-state index contributed by atoms with van der Waals surface area (Å²) in [5.74, 6) is 1.08. The number of aliphatic imine (C=N–C) groups is 1. The first-order valence-electron chi connectivity index (χ1n) is 7.44. The van der Waals surface area contributed by atoms with Crippen molar-refractivity contribution in [2.75, 3.05) is 12.4 Å². The topological polar surface area (TPSA) is 33.6 Å². The van der Waals surface area contributed by atoms with Gasteiger partial charge in [0, 0.05) is 12.4 Å². The summed E-state index contributed by atoms with van der Waals surface area (Å²) in [6, 6.07) is 11.4. The standard InChI is InChI=1S/C16H22N2OS/c1-12(15-8-5-9-19-15)17-16-18-14(11-20-16)10-13-6-3-2-4-7-13/h2-4,6-7,12,14-15H,5,8-11H2,1H3,(H,17,18). The number of hydrogen-bond acceptors (Lipinski definition) is 4. The number of thioether (sulfide) groups is 1. The fourth-order valence-corrected chi connectivity index (χ4v) is 3.81. The summed E-state index contributed by atoms with van der Waals surface area (Å²) in [5, 5.41) is 4.62. The van der Waals surface area contributed by atoms with E-state index in [1.54, 1.807) is 0 Å². The summed E-state index contributed by atoms with van der Waals surface area (Å²) in [4.78, 5) is 4.81. The lowest BCUT2D eigenvalue weighted by Gasteiger charge is -2.20. The summed E-state index contributed by atoms with van der Waals surface area (Å²) >= 11 is 1.84. The Morgan fingerprint density at radius 3 is 3.00 bits per heavy atom. The van der Waals surface area contributed by atoms with Crippen LogP contribution < -0.4 is 5.32 Å². The quantitative estimate of drug-likeness (QED) is 0.926. The molecule has 2 aliphatic heterocycles. The van der Waals surface area contributed by atoms with E-state index < -0.39 is 0 Å². The lowest BCUT2D eigenvalue weighted by Crippen LogP contribution is -2.39. The average Bonchev–Trinajstić information content (AvgIpc) is 3.11. The maximum Gasteiger partial charge on any atom is 0.157 e. The van der Waals surface area contributed by atoms with Crippen LogP contribution >= 0.6 is 11.8 Å². The normalized spacial score (nSPS) is 27.4. The Kier molecular flexibility index (Phi) is 4.63. The van der Waals surface area contributed by atoms with Gasteiger partial charge in [-0.2, -0.15) is 0 Å². The highest BCUT2D eigenvalue weighted by Gasteiger charge is 2.25. The van der Waals surface area contributed by atoms with E-state index in [0.717, 1.165) is 23.9 Å². The first kappa shape index (κ1) is 14.0. The van der Waals surface area contributed by atoms with Gasteiger partial charge in [0.2, 0.25) is 0 Å². The predicted molar refractivity (Wildman–Crippen MR) is 85.4 cm³/mol. The molecule has 2 aliphatic rings. The van der Waals surface area contributed by atoms with E-state index in [-0.39, 0.29) is 0 Å². The van der Waals surface area contributed by atoms with Crippen LogP contribution in [0.4, 0.5) is 0 Å². The molecule has 0 aliphatic carbocycles. The molecular formula is C16H22N2OS. The molecular weight excluding hydrogens is 268 g/mol. The molecule has 1 saturated heterocycles. The smallest absolute Gasteiger partial charge is 0.157 e. The Bertz CT molecular complexity index is 457. The summed E-state index contributed by atoms with van der Waals surface area (Å²) in [6.07, 6.45) is 3.74. The van der Waals surface area contributed by atoms with Crippen molar-refractivity contribution >= 4 is 16.9 Å². The van der Waals surface area contributed by atoms with E-state index in [1.807, 2.05) is 11.8 Å². The largest absolute Gasteiger partial charge is 0.376 e. The van der Waals surface area contributed by atoms with Crippen molar-refractivity contribution in [1.82, 2.24) is 5.32 Å². The Labute approximate surface area is 125 Å². The first-order chi connectivity index (χ1) is 9.81. The molecule has 0 radical (unpaired) electrons. The second-order valence-electron chi connectivity index (χ2n) is 5.57. The summed E-state index contributed by atoms with van der Waals surface area (Å²) in [5.41, 5.74) is 1.37. The highest BCUT2D eigenvalue weighted by atomic mass is 32.2. The number of nitrogens with one attached hydrogen (secondary N) is 1. The molecule has 0 spiro atoms. The molecule has 0 aromatic heterocycles. The third-order valence-corrected chi connectivity index (χ3v) is 4.95. The van der Waals surface area contributed by atoms with Gasteiger partial charge in [-0.15, -0.1) is 0 Å². The van der Waals surface area contributed by atoms with Crippen LogP contribution in [0.2, 0.25) is 0 Å². The van der Waals surface area contributed by atoms with E-state index in [9.17, 15) is 0 Å². The van der Waals surface area contributed by atoms with Crippen LogP contribution in [0.1, 0.15) is 25.3 Å². The van der Waals surface area contributed by atoms with E-state index in [0.29, 0.717) is 18.2 Å². The van der Waals surface area contributed by atoms with Crippen molar-refractivity contribution in [3.05, 3.63) is 35.9 Å². The molecule has 0 saturated carbocycles. The van der Waals surface area contributed by atoms with Crippen molar-refractivity contribution in [1.29, 1.82) is 0 Å². The maximum atomic E-state index is 5.72. The van der Waals surface area contributed by atoms with E-state index in [4.69, 9.17) is 9.73 Å². The number of nitrogens with zero attached hydrogens (tertiary/aromatic N) is 1. The third kappa shape index (κ3) is 3.55. The Morgan fingerprint density at radius 2 is 2.25 bits per heavy atom. The Morgan fingerprint density at radius 1 is 1.40 bits per heavy atom. The highest BCUT2D eigenvalue weighted by molar-refractivity contribution is 8.14. The second-order valence-corrected chi connectivity index (χ2v) is 6.58. The molecule has 0 bridgehead atoms. The molecule has 3 rings (SSSR count). The Balaban J connectivity index is 1.52. The summed E-state index contributed by atoms with van der Waals surface area (Å²) < 4.78 is 5.72. The molecule has 1 aromatic rings. The summed E-state index contributed by atoms with van der Waals surface area (Å²) in [7, 11) is 0. The van der Waals surface area contributed by atoms with Gasteiger partial charge in [-0.3, -0.25) is 4.99 Å². The molecule has 2 heterocycles. The van der Waals surface area contributed by atoms with Crippen LogP contribution in [-0.2, 0) is 11.2 Å². The molecule has 4 heteroatoms. The van der Waals surface area contributed by atoms with Crippen LogP contribution in [0.5, 0.6) is 0 Å². The van der Waals surface area contributed by atoms with Crippen LogP contribution in [0, 0.1) is 0 Å². The van der Waals surface area contributed by atoms with Gasteiger partial charge >= 0.3 is 0 Å². The minimum absolute atomic E-state index is 0.353. The predicted octanol–water partition coefficient (Wildman–Crippen LogP) is 2.86. The molecule has 1 N–H and O–H groups in total. The molecule has 108 valence electrons. The minimum atomic E-state index is 0.353. The fraction of sp³-hybridized carbons (Fsp3) is 0.562. The zero-order valence-electron chi connectivity index (χ0n) is 11.9. The number of hydrogen-bond donors (Lipinski definition) is 1. The van der Waals surface area contributed by atoms with Crippen molar-refractivity contribution in [3.63, 3.8) is 0 Å². The molecule has 3 nitrogen and oxygen atoms in total. The molecule has 1 aromatic carbocycles. The van der Waals surface area contributed by atoms with E-state index >= 15 is 0 Å². The monoisotopic (exact) mass is 290 g/mol. The van der Waals surface area contributed by atoms with Crippen LogP contribution in [0.3, 0.4) is 0 Å². The first-order valence-corrected chi connectivity index (χ1v) is 8.42. The van der Waals surface area contributed by atoms with Gasteiger partial charge in [-0.05, 0) is 31.7 Å². The third-order valence-electron chi connectivity index (χ3n) is 3.90. The van der Waals surface area contributed by atoms with Gasteiger partial charge < -0.3 is 10.1 Å². The van der Waals surface area contributed by atoms with Crippen molar-refractivity contribution in [3.8, 4) is 0 Å². The van der Waals surface area contributed by atoms with Gasteiger partial charge in [0.05, 0.1) is 18.2 Å². The van der Waals surface area contributed by atoms with E-state index in [1.165, 1.54) is 18.4 Å². The number of ether oxygens (including phenoxy) is 1. The van der Waals surface area contributed by atoms with Crippen molar-refractivity contribution < 1.29 is 4.74 Å². The lowest BCUT2D eigenvalue weighted by atomic mass is 10.1. The van der Waals surface area contributed by atoms with Gasteiger partial charge in [0.1, 0.15) is 0 Å². The average molecular weight is 290 g/mol. The second kappa shape index (κ2) is 6.64. The Hall–Kier alpha value is -1.00.